The van der Waals surface area contributed by atoms with Gasteiger partial charge < -0.3 is 10.4 Å². The number of hydrogen-bond acceptors (Lipinski definition) is 2. The summed E-state index contributed by atoms with van der Waals surface area (Å²) in [7, 11) is 0. The van der Waals surface area contributed by atoms with Gasteiger partial charge in [-0.15, -0.1) is 0 Å². The van der Waals surface area contributed by atoms with Crippen LogP contribution in [-0.2, 0) is 11.2 Å². The number of nitrogens with one attached hydrogen (secondary N) is 1. The van der Waals surface area contributed by atoms with E-state index in [4.69, 9.17) is 23.2 Å². The van der Waals surface area contributed by atoms with Gasteiger partial charge >= 0.3 is 0 Å². The maximum absolute atomic E-state index is 11.8. The van der Waals surface area contributed by atoms with E-state index in [9.17, 15) is 9.90 Å². The molecule has 0 aliphatic heterocycles. The Balaban J connectivity index is 2.71. The minimum absolute atomic E-state index is 0.116. The third kappa shape index (κ3) is 4.57. The highest BCUT2D eigenvalue weighted by Gasteiger charge is 2.15. The molecule has 3 nitrogen and oxygen atoms in total. The number of carbonyl (C=O) groups is 1. The number of hydrogen-bond donors (Lipinski definition) is 2. The molecule has 0 atom stereocenters. The first-order valence-electron chi connectivity index (χ1n) is 7.00. The van der Waals surface area contributed by atoms with Gasteiger partial charge in [0.1, 0.15) is 0 Å². The van der Waals surface area contributed by atoms with Crippen LogP contribution in [0.2, 0.25) is 10.0 Å². The summed E-state index contributed by atoms with van der Waals surface area (Å²) in [6, 6.07) is 1.55. The molecule has 112 valence electrons. The van der Waals surface area contributed by atoms with Gasteiger partial charge in [0.25, 0.3) is 0 Å². The lowest BCUT2D eigenvalue weighted by molar-refractivity contribution is -0.116. The molecule has 20 heavy (non-hydrogen) atoms. The van der Waals surface area contributed by atoms with Crippen molar-refractivity contribution in [3.8, 4) is 5.75 Å². The fourth-order valence-electron chi connectivity index (χ4n) is 1.99. The van der Waals surface area contributed by atoms with Crippen LogP contribution in [0.1, 0.15) is 51.5 Å². The molecule has 1 aromatic carbocycles. The standard InChI is InChI=1S/C15H21Cl2NO2/c1-3-5-6-7-8-13(19)18-12-9-11(16)10(4-2)14(17)15(12)20/h9,20H,3-8H2,1-2H3,(H,18,19). The smallest absolute Gasteiger partial charge is 0.224 e. The summed E-state index contributed by atoms with van der Waals surface area (Å²) in [5.41, 5.74) is 0.962. The predicted octanol–water partition coefficient (Wildman–Crippen LogP) is 5.17. The van der Waals surface area contributed by atoms with Crippen molar-refractivity contribution in [2.45, 2.75) is 52.4 Å². The highest BCUT2D eigenvalue weighted by molar-refractivity contribution is 6.37. The Hall–Kier alpha value is -0.930. The Bertz CT molecular complexity index is 475. The summed E-state index contributed by atoms with van der Waals surface area (Å²) >= 11 is 12.1. The summed E-state index contributed by atoms with van der Waals surface area (Å²) < 4.78 is 0. The zero-order valence-electron chi connectivity index (χ0n) is 11.9. The second kappa shape index (κ2) is 8.38. The summed E-state index contributed by atoms with van der Waals surface area (Å²) in [5.74, 6) is -0.248. The molecule has 0 spiro atoms. The van der Waals surface area contributed by atoms with E-state index in [0.717, 1.165) is 25.7 Å². The molecular formula is C15H21Cl2NO2. The average Bonchev–Trinajstić information content (AvgIpc) is 2.41. The predicted molar refractivity (Wildman–Crippen MR) is 84.9 cm³/mol. The summed E-state index contributed by atoms with van der Waals surface area (Å²) in [4.78, 5) is 11.8. The Morgan fingerprint density at radius 2 is 1.95 bits per heavy atom. The topological polar surface area (TPSA) is 49.3 Å². The normalized spacial score (nSPS) is 10.6. The van der Waals surface area contributed by atoms with Crippen molar-refractivity contribution in [3.05, 3.63) is 21.7 Å². The lowest BCUT2D eigenvalue weighted by Gasteiger charge is -2.12. The molecule has 1 amide bonds. The fourth-order valence-corrected chi connectivity index (χ4v) is 2.72. The van der Waals surface area contributed by atoms with Gasteiger partial charge in [0.15, 0.2) is 5.75 Å². The zero-order valence-corrected chi connectivity index (χ0v) is 13.4. The molecule has 0 heterocycles. The van der Waals surface area contributed by atoms with Gasteiger partial charge in [0, 0.05) is 11.4 Å². The lowest BCUT2D eigenvalue weighted by atomic mass is 10.1. The number of rotatable bonds is 7. The molecule has 0 aromatic heterocycles. The van der Waals surface area contributed by atoms with Crippen LogP contribution < -0.4 is 5.32 Å². The lowest BCUT2D eigenvalue weighted by Crippen LogP contribution is -2.11. The van der Waals surface area contributed by atoms with E-state index >= 15 is 0 Å². The van der Waals surface area contributed by atoms with Gasteiger partial charge in [0.2, 0.25) is 5.91 Å². The Labute approximate surface area is 130 Å². The second-order valence-corrected chi connectivity index (χ2v) is 5.54. The van der Waals surface area contributed by atoms with Crippen molar-refractivity contribution in [2.75, 3.05) is 5.32 Å². The molecule has 5 heteroatoms. The van der Waals surface area contributed by atoms with Crippen LogP contribution in [0.15, 0.2) is 6.07 Å². The summed E-state index contributed by atoms with van der Waals surface area (Å²) in [5, 5.41) is 13.3. The van der Waals surface area contributed by atoms with Crippen LogP contribution in [0.5, 0.6) is 5.75 Å². The number of carbonyl (C=O) groups excluding carboxylic acids is 1. The molecule has 0 saturated heterocycles. The van der Waals surface area contributed by atoms with E-state index < -0.39 is 0 Å². The Morgan fingerprint density at radius 1 is 1.25 bits per heavy atom. The minimum Gasteiger partial charge on any atom is -0.504 e. The van der Waals surface area contributed by atoms with E-state index in [-0.39, 0.29) is 22.4 Å². The van der Waals surface area contributed by atoms with Crippen LogP contribution in [0.3, 0.4) is 0 Å². The van der Waals surface area contributed by atoms with Crippen molar-refractivity contribution in [2.24, 2.45) is 0 Å². The maximum atomic E-state index is 11.8. The van der Waals surface area contributed by atoms with E-state index in [0.29, 0.717) is 23.4 Å². The van der Waals surface area contributed by atoms with Crippen LogP contribution in [0.25, 0.3) is 0 Å². The van der Waals surface area contributed by atoms with E-state index in [1.807, 2.05) is 6.92 Å². The number of aromatic hydroxyl groups is 1. The number of unbranched alkanes of at least 4 members (excludes halogenated alkanes) is 3. The first-order valence-corrected chi connectivity index (χ1v) is 7.76. The second-order valence-electron chi connectivity index (χ2n) is 4.76. The van der Waals surface area contributed by atoms with E-state index in [2.05, 4.69) is 12.2 Å². The minimum atomic E-state index is -0.132. The molecule has 2 N–H and O–H groups in total. The Kier molecular flexibility index (Phi) is 7.17. The molecular weight excluding hydrogens is 297 g/mol. The van der Waals surface area contributed by atoms with Gasteiger partial charge in [-0.25, -0.2) is 0 Å². The van der Waals surface area contributed by atoms with Crippen molar-refractivity contribution in [1.29, 1.82) is 0 Å². The molecule has 0 unspecified atom stereocenters. The molecule has 1 rings (SSSR count). The number of phenols is 1. The molecule has 0 aliphatic rings. The van der Waals surface area contributed by atoms with Gasteiger partial charge in [-0.2, -0.15) is 0 Å². The number of halogens is 2. The van der Waals surface area contributed by atoms with Crippen molar-refractivity contribution in [3.63, 3.8) is 0 Å². The highest BCUT2D eigenvalue weighted by atomic mass is 35.5. The summed E-state index contributed by atoms with van der Waals surface area (Å²) in [6.07, 6.45) is 5.19. The Morgan fingerprint density at radius 3 is 2.55 bits per heavy atom. The molecule has 0 aliphatic carbocycles. The zero-order chi connectivity index (χ0) is 15.1. The van der Waals surface area contributed by atoms with Crippen molar-refractivity contribution < 1.29 is 9.90 Å². The first kappa shape index (κ1) is 17.1. The van der Waals surface area contributed by atoms with Gasteiger partial charge in [-0.3, -0.25) is 4.79 Å². The van der Waals surface area contributed by atoms with Crippen molar-refractivity contribution in [1.82, 2.24) is 0 Å². The molecule has 0 bridgehead atoms. The average molecular weight is 318 g/mol. The SMILES string of the molecule is CCCCCCC(=O)Nc1cc(Cl)c(CC)c(Cl)c1O. The number of amides is 1. The summed E-state index contributed by atoms with van der Waals surface area (Å²) in [6.45, 7) is 4.02. The number of benzene rings is 1. The van der Waals surface area contributed by atoms with Crippen LogP contribution in [-0.4, -0.2) is 11.0 Å². The third-order valence-electron chi connectivity index (χ3n) is 3.17. The fraction of sp³-hybridized carbons (Fsp3) is 0.533. The van der Waals surface area contributed by atoms with Crippen LogP contribution >= 0.6 is 23.2 Å². The third-order valence-corrected chi connectivity index (χ3v) is 3.92. The van der Waals surface area contributed by atoms with Crippen LogP contribution in [0, 0.1) is 0 Å². The van der Waals surface area contributed by atoms with Gasteiger partial charge in [-0.1, -0.05) is 56.3 Å². The van der Waals surface area contributed by atoms with Gasteiger partial charge in [-0.05, 0) is 24.5 Å². The van der Waals surface area contributed by atoms with E-state index in [1.165, 1.54) is 0 Å². The molecule has 0 saturated carbocycles. The van der Waals surface area contributed by atoms with E-state index in [1.54, 1.807) is 6.07 Å². The monoisotopic (exact) mass is 317 g/mol. The molecule has 0 fully saturated rings. The van der Waals surface area contributed by atoms with Gasteiger partial charge in [0.05, 0.1) is 10.7 Å². The molecule has 0 radical (unpaired) electrons. The first-order chi connectivity index (χ1) is 9.51. The largest absolute Gasteiger partial charge is 0.504 e. The molecule has 1 aromatic rings. The van der Waals surface area contributed by atoms with Crippen LogP contribution in [0.4, 0.5) is 5.69 Å². The number of anilines is 1. The highest BCUT2D eigenvalue weighted by Crippen LogP contribution is 2.39. The van der Waals surface area contributed by atoms with Crippen molar-refractivity contribution >= 4 is 34.8 Å². The maximum Gasteiger partial charge on any atom is 0.224 e. The quantitative estimate of drug-likeness (QED) is 0.538. The number of phenolic OH excluding ortho intramolecular Hbond substituents is 1.